The Hall–Kier alpha value is -3.51. The molecule has 1 heterocycles. The number of rotatable bonds is 4. The number of guanidine groups is 1. The van der Waals surface area contributed by atoms with Gasteiger partial charge in [-0.1, -0.05) is 24.3 Å². The SMILES string of the molecule is CN=C(NCc1cccc(C#N)c1)NC1CCCN(c2ccccc2C#N)C1. The number of nitrogens with zero attached hydrogens (tertiary/aromatic N) is 4. The highest BCUT2D eigenvalue weighted by Gasteiger charge is 2.22. The standard InChI is InChI=1S/C22H24N6/c1-25-22(26-15-18-7-4-6-17(12-18)13-23)27-20-9-5-11-28(16-20)21-10-3-2-8-19(21)14-24/h2-4,6-8,10,12,20H,5,9,11,15-16H2,1H3,(H2,25,26,27). The number of benzene rings is 2. The number of anilines is 1. The smallest absolute Gasteiger partial charge is 0.191 e. The van der Waals surface area contributed by atoms with E-state index in [0.29, 0.717) is 17.7 Å². The molecule has 142 valence electrons. The van der Waals surface area contributed by atoms with Crippen molar-refractivity contribution >= 4 is 11.6 Å². The number of para-hydroxylation sites is 1. The average Bonchev–Trinajstić information content (AvgIpc) is 2.76. The second-order valence-electron chi connectivity index (χ2n) is 6.80. The van der Waals surface area contributed by atoms with Gasteiger partial charge in [-0.05, 0) is 42.7 Å². The van der Waals surface area contributed by atoms with Gasteiger partial charge in [-0.25, -0.2) is 0 Å². The summed E-state index contributed by atoms with van der Waals surface area (Å²) in [7, 11) is 1.76. The highest BCUT2D eigenvalue weighted by Crippen LogP contribution is 2.23. The van der Waals surface area contributed by atoms with Crippen molar-refractivity contribution in [3.05, 3.63) is 65.2 Å². The normalized spacial score (nSPS) is 16.8. The van der Waals surface area contributed by atoms with Gasteiger partial charge in [-0.15, -0.1) is 0 Å². The van der Waals surface area contributed by atoms with E-state index in [2.05, 4.69) is 32.7 Å². The zero-order valence-electron chi connectivity index (χ0n) is 16.0. The summed E-state index contributed by atoms with van der Waals surface area (Å²) < 4.78 is 0. The van der Waals surface area contributed by atoms with Gasteiger partial charge in [0.2, 0.25) is 0 Å². The summed E-state index contributed by atoms with van der Waals surface area (Å²) in [6.07, 6.45) is 2.11. The number of hydrogen-bond donors (Lipinski definition) is 2. The van der Waals surface area contributed by atoms with Crippen LogP contribution in [0.1, 0.15) is 29.5 Å². The minimum atomic E-state index is 0.247. The second-order valence-corrected chi connectivity index (χ2v) is 6.80. The van der Waals surface area contributed by atoms with Crippen LogP contribution < -0.4 is 15.5 Å². The van der Waals surface area contributed by atoms with E-state index in [-0.39, 0.29) is 6.04 Å². The van der Waals surface area contributed by atoms with Crippen LogP contribution in [-0.2, 0) is 6.54 Å². The number of hydrogen-bond acceptors (Lipinski definition) is 4. The van der Waals surface area contributed by atoms with E-state index in [9.17, 15) is 5.26 Å². The molecule has 6 nitrogen and oxygen atoms in total. The Bertz CT molecular complexity index is 921. The molecule has 1 saturated heterocycles. The van der Waals surface area contributed by atoms with Crippen molar-refractivity contribution in [1.29, 1.82) is 10.5 Å². The van der Waals surface area contributed by atoms with E-state index in [1.807, 2.05) is 42.5 Å². The number of nitriles is 2. The van der Waals surface area contributed by atoms with Crippen LogP contribution in [0, 0.1) is 22.7 Å². The molecule has 1 atom stereocenters. The first-order valence-corrected chi connectivity index (χ1v) is 9.44. The fraction of sp³-hybridized carbons (Fsp3) is 0.318. The van der Waals surface area contributed by atoms with E-state index < -0.39 is 0 Å². The second kappa shape index (κ2) is 9.43. The third-order valence-electron chi connectivity index (χ3n) is 4.87. The molecule has 0 saturated carbocycles. The third-order valence-corrected chi connectivity index (χ3v) is 4.87. The van der Waals surface area contributed by atoms with Crippen LogP contribution >= 0.6 is 0 Å². The maximum Gasteiger partial charge on any atom is 0.191 e. The van der Waals surface area contributed by atoms with Crippen molar-refractivity contribution in [2.75, 3.05) is 25.0 Å². The number of nitrogens with one attached hydrogen (secondary N) is 2. The van der Waals surface area contributed by atoms with Gasteiger partial charge in [0.15, 0.2) is 5.96 Å². The maximum absolute atomic E-state index is 9.37. The molecular weight excluding hydrogens is 348 g/mol. The molecule has 2 aromatic carbocycles. The Labute approximate surface area is 166 Å². The molecule has 2 N–H and O–H groups in total. The lowest BCUT2D eigenvalue weighted by atomic mass is 10.0. The molecule has 28 heavy (non-hydrogen) atoms. The lowest BCUT2D eigenvalue weighted by Crippen LogP contribution is -2.51. The monoisotopic (exact) mass is 372 g/mol. The van der Waals surface area contributed by atoms with Gasteiger partial charge in [-0.3, -0.25) is 4.99 Å². The van der Waals surface area contributed by atoms with Gasteiger partial charge < -0.3 is 15.5 Å². The molecule has 6 heteroatoms. The summed E-state index contributed by atoms with van der Waals surface area (Å²) in [6, 6.07) is 20.0. The van der Waals surface area contributed by atoms with Crippen LogP contribution in [0.4, 0.5) is 5.69 Å². The first-order chi connectivity index (χ1) is 13.7. The summed E-state index contributed by atoms with van der Waals surface area (Å²) in [5, 5.41) is 25.2. The van der Waals surface area contributed by atoms with Gasteiger partial charge in [0.1, 0.15) is 6.07 Å². The first kappa shape index (κ1) is 19.3. The van der Waals surface area contributed by atoms with Gasteiger partial charge in [0.25, 0.3) is 0 Å². The summed E-state index contributed by atoms with van der Waals surface area (Å²) in [6.45, 7) is 2.37. The molecule has 0 spiro atoms. The fourth-order valence-electron chi connectivity index (χ4n) is 3.48. The Balaban J connectivity index is 1.60. The van der Waals surface area contributed by atoms with Crippen molar-refractivity contribution in [1.82, 2.24) is 10.6 Å². The molecular formula is C22H24N6. The van der Waals surface area contributed by atoms with E-state index in [1.54, 1.807) is 13.1 Å². The molecule has 3 rings (SSSR count). The van der Waals surface area contributed by atoms with E-state index in [4.69, 9.17) is 5.26 Å². The molecule has 1 fully saturated rings. The minimum Gasteiger partial charge on any atom is -0.368 e. The third kappa shape index (κ3) is 4.81. The first-order valence-electron chi connectivity index (χ1n) is 9.44. The van der Waals surface area contributed by atoms with E-state index in [0.717, 1.165) is 43.1 Å². The van der Waals surface area contributed by atoms with Crippen molar-refractivity contribution in [2.24, 2.45) is 4.99 Å². The van der Waals surface area contributed by atoms with Crippen LogP contribution in [0.3, 0.4) is 0 Å². The van der Waals surface area contributed by atoms with Crippen LogP contribution in [0.15, 0.2) is 53.5 Å². The highest BCUT2D eigenvalue weighted by molar-refractivity contribution is 5.80. The van der Waals surface area contributed by atoms with E-state index in [1.165, 1.54) is 0 Å². The Morgan fingerprint density at radius 3 is 2.82 bits per heavy atom. The van der Waals surface area contributed by atoms with Crippen LogP contribution in [0.2, 0.25) is 0 Å². The zero-order valence-corrected chi connectivity index (χ0v) is 16.0. The van der Waals surface area contributed by atoms with Crippen LogP contribution in [0.5, 0.6) is 0 Å². The summed E-state index contributed by atoms with van der Waals surface area (Å²) in [4.78, 5) is 6.60. The molecule has 0 aliphatic carbocycles. The van der Waals surface area contributed by atoms with Crippen LogP contribution in [0.25, 0.3) is 0 Å². The fourth-order valence-corrected chi connectivity index (χ4v) is 3.48. The molecule has 0 amide bonds. The summed E-state index contributed by atoms with van der Waals surface area (Å²) >= 11 is 0. The molecule has 0 bridgehead atoms. The largest absolute Gasteiger partial charge is 0.368 e. The van der Waals surface area contributed by atoms with Gasteiger partial charge in [0.05, 0.1) is 22.9 Å². The molecule has 0 radical (unpaired) electrons. The molecule has 2 aromatic rings. The Morgan fingerprint density at radius 2 is 2.04 bits per heavy atom. The Kier molecular flexibility index (Phi) is 6.49. The molecule has 1 unspecified atom stereocenters. The van der Waals surface area contributed by atoms with Crippen molar-refractivity contribution in [3.8, 4) is 12.1 Å². The Morgan fingerprint density at radius 1 is 1.18 bits per heavy atom. The summed E-state index contributed by atoms with van der Waals surface area (Å²) in [5.41, 5.74) is 3.40. The summed E-state index contributed by atoms with van der Waals surface area (Å²) in [5.74, 6) is 0.739. The van der Waals surface area contributed by atoms with Crippen molar-refractivity contribution in [2.45, 2.75) is 25.4 Å². The lowest BCUT2D eigenvalue weighted by Gasteiger charge is -2.35. The van der Waals surface area contributed by atoms with Crippen LogP contribution in [-0.4, -0.2) is 32.1 Å². The lowest BCUT2D eigenvalue weighted by molar-refractivity contribution is 0.468. The topological polar surface area (TPSA) is 87.2 Å². The molecule has 1 aliphatic rings. The van der Waals surface area contributed by atoms with Gasteiger partial charge >= 0.3 is 0 Å². The average molecular weight is 372 g/mol. The van der Waals surface area contributed by atoms with Gasteiger partial charge in [0, 0.05) is 32.7 Å². The quantitative estimate of drug-likeness (QED) is 0.636. The van der Waals surface area contributed by atoms with Crippen molar-refractivity contribution < 1.29 is 0 Å². The predicted molar refractivity (Wildman–Crippen MR) is 111 cm³/mol. The number of aliphatic imine (C=N–C) groups is 1. The molecule has 0 aromatic heterocycles. The predicted octanol–water partition coefficient (Wildman–Crippen LogP) is 2.76. The van der Waals surface area contributed by atoms with Crippen molar-refractivity contribution in [3.63, 3.8) is 0 Å². The zero-order chi connectivity index (χ0) is 19.8. The van der Waals surface area contributed by atoms with E-state index >= 15 is 0 Å². The van der Waals surface area contributed by atoms with Gasteiger partial charge in [-0.2, -0.15) is 10.5 Å². The molecule has 1 aliphatic heterocycles. The number of piperidine rings is 1. The minimum absolute atomic E-state index is 0.247. The maximum atomic E-state index is 9.37. The highest BCUT2D eigenvalue weighted by atomic mass is 15.2.